The van der Waals surface area contributed by atoms with E-state index in [1.165, 1.54) is 0 Å². The summed E-state index contributed by atoms with van der Waals surface area (Å²) in [5.41, 5.74) is 6.60. The van der Waals surface area contributed by atoms with Crippen LogP contribution in [-0.4, -0.2) is 4.98 Å². The van der Waals surface area contributed by atoms with Gasteiger partial charge in [0.2, 0.25) is 0 Å². The quantitative estimate of drug-likeness (QED) is 0.570. The number of aromatic nitrogens is 1. The lowest BCUT2D eigenvalue weighted by Crippen LogP contribution is -1.93. The van der Waals surface area contributed by atoms with Crippen molar-refractivity contribution < 1.29 is 0 Å². The summed E-state index contributed by atoms with van der Waals surface area (Å²) < 4.78 is 0. The Morgan fingerprint density at radius 3 is 2.80 bits per heavy atom. The number of nitriles is 1. The Balaban J connectivity index is 3.25. The van der Waals surface area contributed by atoms with Crippen LogP contribution >= 0.6 is 0 Å². The number of hydrogen-bond acceptors (Lipinski definition) is 3. The minimum Gasteiger partial charge on any atom is -0.384 e. The third-order valence-electron chi connectivity index (χ3n) is 1.22. The third-order valence-corrected chi connectivity index (χ3v) is 1.22. The van der Waals surface area contributed by atoms with Gasteiger partial charge >= 0.3 is 0 Å². The summed E-state index contributed by atoms with van der Waals surface area (Å²) in [5, 5.41) is 8.47. The molecule has 1 aromatic heterocycles. The summed E-state index contributed by atoms with van der Waals surface area (Å²) in [7, 11) is 0. The predicted molar refractivity (Wildman–Crippen MR) is 38.1 cm³/mol. The molecular weight excluding hydrogens is 126 g/mol. The molecule has 1 aromatic rings. The molecule has 0 aliphatic rings. The van der Waals surface area contributed by atoms with Crippen LogP contribution in [0.25, 0.3) is 0 Å². The molecule has 0 saturated carbocycles. The van der Waals surface area contributed by atoms with Gasteiger partial charge in [0.25, 0.3) is 0 Å². The molecule has 0 aliphatic heterocycles. The van der Waals surface area contributed by atoms with Crippen LogP contribution < -0.4 is 5.73 Å². The molecule has 0 atom stereocenters. The minimum atomic E-state index is 0.391. The van der Waals surface area contributed by atoms with E-state index < -0.39 is 0 Å². The lowest BCUT2D eigenvalue weighted by Gasteiger charge is -1.95. The van der Waals surface area contributed by atoms with Crippen molar-refractivity contribution in [2.75, 3.05) is 5.73 Å². The van der Waals surface area contributed by atoms with Crippen molar-refractivity contribution in [2.24, 2.45) is 0 Å². The average molecular weight is 133 g/mol. The predicted octanol–water partition coefficient (Wildman–Crippen LogP) is 0.844. The van der Waals surface area contributed by atoms with E-state index in [2.05, 4.69) is 4.98 Å². The summed E-state index contributed by atoms with van der Waals surface area (Å²) >= 11 is 0. The van der Waals surface area contributed by atoms with E-state index in [0.29, 0.717) is 11.5 Å². The Morgan fingerprint density at radius 1 is 1.60 bits per heavy atom. The molecule has 0 spiro atoms. The molecule has 0 saturated heterocycles. The van der Waals surface area contributed by atoms with E-state index in [0.717, 1.165) is 5.56 Å². The molecule has 0 aromatic carbocycles. The van der Waals surface area contributed by atoms with Crippen LogP contribution in [0.2, 0.25) is 0 Å². The summed E-state index contributed by atoms with van der Waals surface area (Å²) in [6, 6.07) is 5.40. The van der Waals surface area contributed by atoms with E-state index in [1.807, 2.05) is 13.0 Å². The van der Waals surface area contributed by atoms with Crippen LogP contribution in [0.1, 0.15) is 11.3 Å². The molecule has 10 heavy (non-hydrogen) atoms. The first-order chi connectivity index (χ1) is 4.74. The highest BCUT2D eigenvalue weighted by Crippen LogP contribution is 2.05. The molecule has 1 rings (SSSR count). The number of pyridine rings is 1. The number of aryl methyl sites for hydroxylation is 1. The zero-order chi connectivity index (χ0) is 7.56. The summed E-state index contributed by atoms with van der Waals surface area (Å²) in [4.78, 5) is 3.81. The Morgan fingerprint density at radius 2 is 2.30 bits per heavy atom. The van der Waals surface area contributed by atoms with Crippen LogP contribution in [-0.2, 0) is 0 Å². The van der Waals surface area contributed by atoms with Crippen molar-refractivity contribution in [1.82, 2.24) is 4.98 Å². The number of nitrogens with zero attached hydrogens (tertiary/aromatic N) is 2. The fourth-order valence-electron chi connectivity index (χ4n) is 0.657. The van der Waals surface area contributed by atoms with Crippen molar-refractivity contribution in [3.63, 3.8) is 0 Å². The number of nitrogen functional groups attached to an aromatic ring is 1. The van der Waals surface area contributed by atoms with Crippen molar-refractivity contribution in [1.29, 1.82) is 5.26 Å². The molecule has 3 heteroatoms. The standard InChI is InChI=1S/C7H7N3/c1-5-2-3-7(9)10-6(5)4-8/h2-3H,1H3,(H2,9,10). The molecule has 3 nitrogen and oxygen atoms in total. The number of rotatable bonds is 0. The number of anilines is 1. The molecule has 0 amide bonds. The van der Waals surface area contributed by atoms with E-state index in [4.69, 9.17) is 11.0 Å². The van der Waals surface area contributed by atoms with Crippen LogP contribution in [0.3, 0.4) is 0 Å². The van der Waals surface area contributed by atoms with Crippen LogP contribution in [0, 0.1) is 18.3 Å². The molecule has 0 bridgehead atoms. The monoisotopic (exact) mass is 133 g/mol. The molecule has 0 fully saturated rings. The molecule has 50 valence electrons. The van der Waals surface area contributed by atoms with E-state index in [9.17, 15) is 0 Å². The van der Waals surface area contributed by atoms with Crippen molar-refractivity contribution in [3.8, 4) is 6.07 Å². The van der Waals surface area contributed by atoms with Gasteiger partial charge in [-0.2, -0.15) is 5.26 Å². The molecule has 2 N–H and O–H groups in total. The molecular formula is C7H7N3. The second kappa shape index (κ2) is 2.36. The smallest absolute Gasteiger partial charge is 0.145 e. The van der Waals surface area contributed by atoms with E-state index >= 15 is 0 Å². The minimum absolute atomic E-state index is 0.391. The summed E-state index contributed by atoms with van der Waals surface area (Å²) in [5.74, 6) is 0.391. The van der Waals surface area contributed by atoms with Gasteiger partial charge in [0.05, 0.1) is 0 Å². The van der Waals surface area contributed by atoms with Crippen molar-refractivity contribution in [2.45, 2.75) is 6.92 Å². The first-order valence-electron chi connectivity index (χ1n) is 2.87. The Bertz CT molecular complexity index is 285. The SMILES string of the molecule is Cc1ccc(N)nc1C#N. The van der Waals surface area contributed by atoms with E-state index in [-0.39, 0.29) is 0 Å². The fourth-order valence-corrected chi connectivity index (χ4v) is 0.657. The van der Waals surface area contributed by atoms with Gasteiger partial charge in [-0.1, -0.05) is 6.07 Å². The zero-order valence-electron chi connectivity index (χ0n) is 5.63. The Labute approximate surface area is 59.1 Å². The summed E-state index contributed by atoms with van der Waals surface area (Å²) in [6.07, 6.45) is 0. The largest absolute Gasteiger partial charge is 0.384 e. The maximum atomic E-state index is 8.47. The lowest BCUT2D eigenvalue weighted by molar-refractivity contribution is 1.22. The van der Waals surface area contributed by atoms with E-state index in [1.54, 1.807) is 12.1 Å². The van der Waals surface area contributed by atoms with Gasteiger partial charge in [0.15, 0.2) is 0 Å². The van der Waals surface area contributed by atoms with Crippen LogP contribution in [0.4, 0.5) is 5.82 Å². The summed E-state index contributed by atoms with van der Waals surface area (Å²) in [6.45, 7) is 1.82. The second-order valence-corrected chi connectivity index (χ2v) is 2.01. The number of nitrogens with two attached hydrogens (primary N) is 1. The fraction of sp³-hybridized carbons (Fsp3) is 0.143. The molecule has 0 radical (unpaired) electrons. The Hall–Kier alpha value is -1.56. The highest BCUT2D eigenvalue weighted by Gasteiger charge is 1.96. The van der Waals surface area contributed by atoms with Crippen LogP contribution in [0.15, 0.2) is 12.1 Å². The van der Waals surface area contributed by atoms with Gasteiger partial charge in [-0.05, 0) is 18.6 Å². The van der Waals surface area contributed by atoms with Crippen molar-refractivity contribution in [3.05, 3.63) is 23.4 Å². The first kappa shape index (κ1) is 6.56. The topological polar surface area (TPSA) is 62.7 Å². The maximum Gasteiger partial charge on any atom is 0.145 e. The first-order valence-corrected chi connectivity index (χ1v) is 2.87. The third kappa shape index (κ3) is 1.06. The normalized spacial score (nSPS) is 8.80. The maximum absolute atomic E-state index is 8.47. The zero-order valence-corrected chi connectivity index (χ0v) is 5.63. The van der Waals surface area contributed by atoms with Gasteiger partial charge in [-0.25, -0.2) is 4.98 Å². The number of hydrogen-bond donors (Lipinski definition) is 1. The average Bonchev–Trinajstić information content (AvgIpc) is 1.94. The second-order valence-electron chi connectivity index (χ2n) is 2.01. The lowest BCUT2D eigenvalue weighted by atomic mass is 10.2. The van der Waals surface area contributed by atoms with Gasteiger partial charge in [-0.15, -0.1) is 0 Å². The van der Waals surface area contributed by atoms with Gasteiger partial charge in [-0.3, -0.25) is 0 Å². The highest BCUT2D eigenvalue weighted by atomic mass is 14.8. The van der Waals surface area contributed by atoms with Gasteiger partial charge in [0, 0.05) is 0 Å². The van der Waals surface area contributed by atoms with Gasteiger partial charge < -0.3 is 5.73 Å². The molecule has 0 unspecified atom stereocenters. The molecule has 0 aliphatic carbocycles. The Kier molecular flexibility index (Phi) is 1.55. The highest BCUT2D eigenvalue weighted by molar-refractivity contribution is 5.38. The van der Waals surface area contributed by atoms with Crippen molar-refractivity contribution >= 4 is 5.82 Å². The van der Waals surface area contributed by atoms with Gasteiger partial charge in [0.1, 0.15) is 17.6 Å². The van der Waals surface area contributed by atoms with Crippen LogP contribution in [0.5, 0.6) is 0 Å². The molecule has 1 heterocycles.